The van der Waals surface area contributed by atoms with Crippen LogP contribution < -0.4 is 10.9 Å². The van der Waals surface area contributed by atoms with Crippen LogP contribution in [0.5, 0.6) is 5.75 Å². The maximum atomic E-state index is 12.3. The summed E-state index contributed by atoms with van der Waals surface area (Å²) in [5, 5.41) is 13.2. The van der Waals surface area contributed by atoms with Gasteiger partial charge in [0, 0.05) is 12.7 Å². The fourth-order valence-electron chi connectivity index (χ4n) is 2.48. The third-order valence-corrected chi connectivity index (χ3v) is 3.87. The molecule has 0 saturated heterocycles. The molecule has 0 fully saturated rings. The van der Waals surface area contributed by atoms with Gasteiger partial charge in [0.25, 0.3) is 11.5 Å². The minimum atomic E-state index is -0.669. The van der Waals surface area contributed by atoms with Crippen molar-refractivity contribution in [3.63, 3.8) is 0 Å². The number of fused-ring (bicyclic) bond motifs is 1. The van der Waals surface area contributed by atoms with Gasteiger partial charge in [-0.3, -0.25) is 9.59 Å². The molecule has 3 rings (SSSR count). The number of carbonyl (C=O) groups excluding carboxylic acids is 1. The molecule has 6 nitrogen and oxygen atoms in total. The highest BCUT2D eigenvalue weighted by Gasteiger charge is 2.19. The van der Waals surface area contributed by atoms with Crippen LogP contribution in [0.1, 0.15) is 28.4 Å². The first-order chi connectivity index (χ1) is 11.6. The van der Waals surface area contributed by atoms with Crippen molar-refractivity contribution < 1.29 is 9.90 Å². The van der Waals surface area contributed by atoms with Crippen molar-refractivity contribution in [2.75, 3.05) is 0 Å². The largest absolute Gasteiger partial charge is 0.506 e. The van der Waals surface area contributed by atoms with Gasteiger partial charge in [0.05, 0.1) is 5.39 Å². The third-order valence-electron chi connectivity index (χ3n) is 3.87. The normalized spacial score (nSPS) is 10.7. The molecule has 0 unspecified atom stereocenters. The molecule has 0 aliphatic carbocycles. The predicted molar refractivity (Wildman–Crippen MR) is 91.0 cm³/mol. The molecule has 1 aromatic carbocycles. The van der Waals surface area contributed by atoms with E-state index in [1.807, 2.05) is 24.3 Å². The highest BCUT2D eigenvalue weighted by atomic mass is 16.3. The van der Waals surface area contributed by atoms with E-state index in [2.05, 4.69) is 22.2 Å². The fourth-order valence-corrected chi connectivity index (χ4v) is 2.48. The molecular weight excluding hydrogens is 306 g/mol. The Morgan fingerprint density at radius 3 is 2.62 bits per heavy atom. The Bertz CT molecular complexity index is 946. The van der Waals surface area contributed by atoms with Crippen LogP contribution >= 0.6 is 0 Å². The molecular formula is C18H17N3O3. The minimum absolute atomic E-state index is 0.242. The van der Waals surface area contributed by atoms with Gasteiger partial charge < -0.3 is 15.4 Å². The molecule has 3 N–H and O–H groups in total. The van der Waals surface area contributed by atoms with Crippen molar-refractivity contribution in [2.24, 2.45) is 0 Å². The minimum Gasteiger partial charge on any atom is -0.506 e. The zero-order valence-electron chi connectivity index (χ0n) is 13.2. The number of carbonyl (C=O) groups is 1. The van der Waals surface area contributed by atoms with E-state index in [-0.39, 0.29) is 23.5 Å². The number of hydrogen-bond donors (Lipinski definition) is 3. The standard InChI is InChI=1S/C18H17N3O3/c1-2-11-5-7-12(8-6-11)10-20-17(23)14-15(22)13-4-3-9-19-16(13)21-18(14)24/h3-9H,2,10H2,1H3,(H,20,23)(H2,19,21,22,24). The van der Waals surface area contributed by atoms with Crippen molar-refractivity contribution in [1.29, 1.82) is 0 Å². The van der Waals surface area contributed by atoms with E-state index in [1.165, 1.54) is 11.8 Å². The smallest absolute Gasteiger partial charge is 0.266 e. The maximum Gasteiger partial charge on any atom is 0.266 e. The summed E-state index contributed by atoms with van der Waals surface area (Å²) in [5.74, 6) is -0.986. The molecule has 2 heterocycles. The summed E-state index contributed by atoms with van der Waals surface area (Å²) in [6, 6.07) is 11.0. The first kappa shape index (κ1) is 15.7. The van der Waals surface area contributed by atoms with E-state index in [0.717, 1.165) is 12.0 Å². The van der Waals surface area contributed by atoms with Crippen molar-refractivity contribution in [3.05, 3.63) is 69.6 Å². The van der Waals surface area contributed by atoms with Gasteiger partial charge in [-0.1, -0.05) is 31.2 Å². The molecule has 24 heavy (non-hydrogen) atoms. The number of aromatic nitrogens is 2. The third kappa shape index (κ3) is 2.99. The first-order valence-electron chi connectivity index (χ1n) is 7.66. The highest BCUT2D eigenvalue weighted by Crippen LogP contribution is 2.23. The van der Waals surface area contributed by atoms with Gasteiger partial charge in [-0.2, -0.15) is 0 Å². The second-order valence-electron chi connectivity index (χ2n) is 5.43. The predicted octanol–water partition coefficient (Wildman–Crippen LogP) is 2.12. The van der Waals surface area contributed by atoms with Gasteiger partial charge in [0.15, 0.2) is 0 Å². The van der Waals surface area contributed by atoms with Crippen LogP contribution in [0, 0.1) is 0 Å². The summed E-state index contributed by atoms with van der Waals surface area (Å²) in [5.41, 5.74) is 1.39. The lowest BCUT2D eigenvalue weighted by Gasteiger charge is -2.08. The number of aromatic hydroxyl groups is 1. The van der Waals surface area contributed by atoms with Gasteiger partial charge in [-0.05, 0) is 29.7 Å². The summed E-state index contributed by atoms with van der Waals surface area (Å²) in [4.78, 5) is 30.9. The molecule has 0 aliphatic heterocycles. The first-order valence-corrected chi connectivity index (χ1v) is 7.66. The van der Waals surface area contributed by atoms with Crippen molar-refractivity contribution >= 4 is 16.9 Å². The molecule has 3 aromatic rings. The number of nitrogens with zero attached hydrogens (tertiary/aromatic N) is 1. The summed E-state index contributed by atoms with van der Waals surface area (Å²) < 4.78 is 0. The lowest BCUT2D eigenvalue weighted by molar-refractivity contribution is 0.0947. The zero-order valence-corrected chi connectivity index (χ0v) is 13.2. The summed E-state index contributed by atoms with van der Waals surface area (Å²) in [6.45, 7) is 2.34. The molecule has 0 spiro atoms. The van der Waals surface area contributed by atoms with Gasteiger partial charge in [0.2, 0.25) is 0 Å². The number of hydrogen-bond acceptors (Lipinski definition) is 4. The SMILES string of the molecule is CCc1ccc(CNC(=O)c2c(O)c3cccnc3[nH]c2=O)cc1. The van der Waals surface area contributed by atoms with E-state index in [0.29, 0.717) is 5.39 Å². The number of benzene rings is 1. The lowest BCUT2D eigenvalue weighted by atomic mass is 10.1. The fraction of sp³-hybridized carbons (Fsp3) is 0.167. The van der Waals surface area contributed by atoms with Crippen molar-refractivity contribution in [2.45, 2.75) is 19.9 Å². The van der Waals surface area contributed by atoms with Gasteiger partial charge in [-0.15, -0.1) is 0 Å². The monoisotopic (exact) mass is 323 g/mol. The molecule has 0 radical (unpaired) electrons. The zero-order chi connectivity index (χ0) is 17.1. The van der Waals surface area contributed by atoms with Crippen LogP contribution in [0.4, 0.5) is 0 Å². The number of aryl methyl sites for hydroxylation is 1. The van der Waals surface area contributed by atoms with Crippen LogP contribution in [0.25, 0.3) is 11.0 Å². The Morgan fingerprint density at radius 2 is 1.92 bits per heavy atom. The number of rotatable bonds is 4. The lowest BCUT2D eigenvalue weighted by Crippen LogP contribution is -2.29. The Balaban J connectivity index is 1.84. The Morgan fingerprint density at radius 1 is 1.21 bits per heavy atom. The molecule has 6 heteroatoms. The van der Waals surface area contributed by atoms with Crippen LogP contribution in [0.3, 0.4) is 0 Å². The van der Waals surface area contributed by atoms with Crippen LogP contribution in [0.15, 0.2) is 47.4 Å². The van der Waals surface area contributed by atoms with Crippen LogP contribution in [0.2, 0.25) is 0 Å². The van der Waals surface area contributed by atoms with Gasteiger partial charge in [-0.25, -0.2) is 4.98 Å². The molecule has 0 saturated carbocycles. The Kier molecular flexibility index (Phi) is 4.29. The topological polar surface area (TPSA) is 95.1 Å². The van der Waals surface area contributed by atoms with E-state index >= 15 is 0 Å². The molecule has 0 bridgehead atoms. The highest BCUT2D eigenvalue weighted by molar-refractivity contribution is 6.01. The summed E-state index contributed by atoms with van der Waals surface area (Å²) in [6.07, 6.45) is 2.44. The summed E-state index contributed by atoms with van der Waals surface area (Å²) in [7, 11) is 0. The van der Waals surface area contributed by atoms with Crippen LogP contribution in [-0.4, -0.2) is 21.0 Å². The van der Waals surface area contributed by atoms with E-state index in [4.69, 9.17) is 0 Å². The average molecular weight is 323 g/mol. The van der Waals surface area contributed by atoms with Crippen molar-refractivity contribution in [1.82, 2.24) is 15.3 Å². The number of pyridine rings is 2. The number of amides is 1. The maximum absolute atomic E-state index is 12.3. The quantitative estimate of drug-likeness (QED) is 0.685. The van der Waals surface area contributed by atoms with E-state index in [9.17, 15) is 14.7 Å². The number of aromatic amines is 1. The van der Waals surface area contributed by atoms with Gasteiger partial charge >= 0.3 is 0 Å². The summed E-state index contributed by atoms with van der Waals surface area (Å²) >= 11 is 0. The van der Waals surface area contributed by atoms with Gasteiger partial charge in [0.1, 0.15) is 17.0 Å². The average Bonchev–Trinajstić information content (AvgIpc) is 2.60. The Hall–Kier alpha value is -3.15. The Labute approximate surface area is 138 Å². The van der Waals surface area contributed by atoms with E-state index in [1.54, 1.807) is 12.1 Å². The number of nitrogens with one attached hydrogen (secondary N) is 2. The second kappa shape index (κ2) is 6.54. The van der Waals surface area contributed by atoms with Crippen molar-refractivity contribution in [3.8, 4) is 5.75 Å². The second-order valence-corrected chi connectivity index (χ2v) is 5.43. The van der Waals surface area contributed by atoms with E-state index < -0.39 is 11.5 Å². The number of H-pyrrole nitrogens is 1. The molecule has 1 amide bonds. The van der Waals surface area contributed by atoms with Crippen LogP contribution in [-0.2, 0) is 13.0 Å². The molecule has 122 valence electrons. The molecule has 2 aromatic heterocycles. The molecule has 0 aliphatic rings. The molecule has 0 atom stereocenters.